The molecule has 0 aliphatic heterocycles. The van der Waals surface area contributed by atoms with Gasteiger partial charge in [0.05, 0.1) is 0 Å². The third-order valence-electron chi connectivity index (χ3n) is 2.05. The fourth-order valence-corrected chi connectivity index (χ4v) is 4.87. The lowest BCUT2D eigenvalue weighted by atomic mass is 10.5. The van der Waals surface area contributed by atoms with E-state index in [0.29, 0.717) is 0 Å². The van der Waals surface area contributed by atoms with Crippen LogP contribution in [-0.2, 0) is 23.6 Å². The second-order valence-corrected chi connectivity index (χ2v) is 7.71. The summed E-state index contributed by atoms with van der Waals surface area (Å²) in [4.78, 5) is 0.914. The molecule has 2 aromatic heterocycles. The van der Waals surface area contributed by atoms with Gasteiger partial charge in [-0.05, 0) is 37.9 Å². The van der Waals surface area contributed by atoms with Gasteiger partial charge >= 0.3 is 0 Å². The molecule has 0 saturated heterocycles. The summed E-state index contributed by atoms with van der Waals surface area (Å²) in [7, 11) is -2.11. The Kier molecular flexibility index (Phi) is 4.22. The number of aryl methyl sites for hydroxylation is 1. The number of aromatic nitrogens is 3. The van der Waals surface area contributed by atoms with Gasteiger partial charge in [-0.1, -0.05) is 5.21 Å². The lowest BCUT2D eigenvalue weighted by Gasteiger charge is -2.05. The number of nitrogens with one attached hydrogen (secondary N) is 1. The van der Waals surface area contributed by atoms with E-state index in [-0.39, 0.29) is 16.2 Å². The molecule has 10 heteroatoms. The lowest BCUT2D eigenvalue weighted by Crippen LogP contribution is -2.25. The highest BCUT2D eigenvalue weighted by Gasteiger charge is 2.23. The Labute approximate surface area is 125 Å². The molecule has 0 fully saturated rings. The predicted octanol–water partition coefficient (Wildman–Crippen LogP) is 1.88. The van der Waals surface area contributed by atoms with E-state index in [1.165, 1.54) is 23.1 Å². The van der Waals surface area contributed by atoms with Gasteiger partial charge < -0.3 is 0 Å². The Morgan fingerprint density at radius 1 is 1.50 bits per heavy atom. The predicted molar refractivity (Wildman–Crippen MR) is 74.7 cm³/mol. The van der Waals surface area contributed by atoms with Crippen molar-refractivity contribution < 1.29 is 8.42 Å². The molecule has 0 spiro atoms. The van der Waals surface area contributed by atoms with Crippen LogP contribution in [0.4, 0.5) is 0 Å². The third-order valence-corrected chi connectivity index (χ3v) is 6.04. The molecule has 0 radical (unpaired) electrons. The summed E-state index contributed by atoms with van der Waals surface area (Å²) < 4.78 is 29.0. The molecule has 0 aliphatic rings. The highest BCUT2D eigenvalue weighted by atomic mass is 79.9. The Hall–Kier alpha value is -0.290. The normalized spacial score (nSPS) is 11.9. The smallest absolute Gasteiger partial charge is 0.235 e. The average molecular weight is 416 g/mol. The average Bonchev–Trinajstić information content (AvgIpc) is 2.83. The van der Waals surface area contributed by atoms with Crippen LogP contribution in [0.15, 0.2) is 25.5 Å². The molecule has 0 unspecified atom stereocenters. The van der Waals surface area contributed by atoms with Crippen LogP contribution in [0.1, 0.15) is 4.88 Å². The van der Waals surface area contributed by atoms with Crippen molar-refractivity contribution in [2.75, 3.05) is 0 Å². The van der Waals surface area contributed by atoms with Crippen LogP contribution in [0.25, 0.3) is 0 Å². The van der Waals surface area contributed by atoms with Crippen LogP contribution in [0, 0.1) is 0 Å². The van der Waals surface area contributed by atoms with Crippen LogP contribution in [0.5, 0.6) is 0 Å². The molecule has 6 nitrogen and oxygen atoms in total. The van der Waals surface area contributed by atoms with E-state index in [1.54, 1.807) is 0 Å². The van der Waals surface area contributed by atoms with Crippen molar-refractivity contribution in [3.05, 3.63) is 25.4 Å². The zero-order valence-electron chi connectivity index (χ0n) is 9.09. The van der Waals surface area contributed by atoms with Crippen LogP contribution >= 0.6 is 43.2 Å². The topological polar surface area (TPSA) is 76.9 Å². The van der Waals surface area contributed by atoms with E-state index in [1.807, 2.05) is 11.4 Å². The Bertz CT molecular complexity index is 645. The molecule has 0 atom stereocenters. The minimum atomic E-state index is -3.63. The Morgan fingerprint density at radius 3 is 2.72 bits per heavy atom. The first kappa shape index (κ1) is 14.1. The van der Waals surface area contributed by atoms with Crippen molar-refractivity contribution in [1.29, 1.82) is 0 Å². The van der Waals surface area contributed by atoms with E-state index in [4.69, 9.17) is 0 Å². The maximum Gasteiger partial charge on any atom is 0.260 e. The van der Waals surface area contributed by atoms with Gasteiger partial charge in [0.1, 0.15) is 0 Å². The van der Waals surface area contributed by atoms with Crippen LogP contribution in [0.2, 0.25) is 0 Å². The molecule has 2 heterocycles. The molecule has 0 amide bonds. The SMILES string of the molecule is Cn1nnc(Br)c1S(=O)(=O)NCc1cc(Br)cs1. The standard InChI is InChI=1S/C8H8Br2N4O2S2/c1-14-8(7(10)12-13-14)18(15,16)11-3-6-2-5(9)4-17-6/h2,4,11H,3H2,1H3. The molecule has 0 bridgehead atoms. The summed E-state index contributed by atoms with van der Waals surface area (Å²) in [5, 5.41) is 9.19. The van der Waals surface area contributed by atoms with Gasteiger partial charge in [0.2, 0.25) is 5.03 Å². The fourth-order valence-electron chi connectivity index (χ4n) is 1.29. The number of halogens is 2. The van der Waals surface area contributed by atoms with Crippen LogP contribution in [0.3, 0.4) is 0 Å². The van der Waals surface area contributed by atoms with E-state index >= 15 is 0 Å². The van der Waals surface area contributed by atoms with Gasteiger partial charge in [-0.2, -0.15) is 0 Å². The lowest BCUT2D eigenvalue weighted by molar-refractivity contribution is 0.560. The minimum absolute atomic E-state index is 0.0121. The molecule has 18 heavy (non-hydrogen) atoms. The maximum absolute atomic E-state index is 12.1. The molecule has 98 valence electrons. The zero-order valence-corrected chi connectivity index (χ0v) is 13.9. The number of sulfonamides is 1. The first-order valence-electron chi connectivity index (χ1n) is 4.68. The molecule has 0 aromatic carbocycles. The van der Waals surface area contributed by atoms with Crippen molar-refractivity contribution in [3.63, 3.8) is 0 Å². The first-order chi connectivity index (χ1) is 8.40. The van der Waals surface area contributed by atoms with E-state index in [0.717, 1.165) is 9.35 Å². The van der Waals surface area contributed by atoms with Gasteiger partial charge in [-0.3, -0.25) is 0 Å². The molecule has 2 rings (SSSR count). The first-order valence-corrected chi connectivity index (χ1v) is 8.63. The van der Waals surface area contributed by atoms with E-state index in [9.17, 15) is 8.42 Å². The van der Waals surface area contributed by atoms with Crippen LogP contribution in [-0.4, -0.2) is 23.4 Å². The second-order valence-electron chi connectivity index (χ2n) is 3.36. The summed E-state index contributed by atoms with van der Waals surface area (Å²) in [5.74, 6) is 0. The van der Waals surface area contributed by atoms with Crippen molar-refractivity contribution in [1.82, 2.24) is 19.7 Å². The summed E-state index contributed by atoms with van der Waals surface area (Å²) >= 11 is 7.85. The van der Waals surface area contributed by atoms with Crippen molar-refractivity contribution >= 4 is 53.2 Å². The minimum Gasteiger partial charge on any atom is -0.235 e. The third kappa shape index (κ3) is 2.99. The molecule has 2 aromatic rings. The van der Waals surface area contributed by atoms with Crippen molar-refractivity contribution in [2.45, 2.75) is 11.6 Å². The van der Waals surface area contributed by atoms with Gasteiger partial charge in [0, 0.05) is 28.3 Å². The van der Waals surface area contributed by atoms with Gasteiger partial charge in [0.15, 0.2) is 4.60 Å². The largest absolute Gasteiger partial charge is 0.260 e. The Morgan fingerprint density at radius 2 is 2.22 bits per heavy atom. The quantitative estimate of drug-likeness (QED) is 0.826. The van der Waals surface area contributed by atoms with Crippen molar-refractivity contribution in [3.8, 4) is 0 Å². The monoisotopic (exact) mass is 414 g/mol. The summed E-state index contributed by atoms with van der Waals surface area (Å²) in [5.41, 5.74) is 0. The molecule has 1 N–H and O–H groups in total. The number of hydrogen-bond acceptors (Lipinski definition) is 5. The molecule has 0 aliphatic carbocycles. The molecular formula is C8H8Br2N4O2S2. The number of hydrogen-bond donors (Lipinski definition) is 1. The summed E-state index contributed by atoms with van der Waals surface area (Å²) in [6.45, 7) is 0.232. The fraction of sp³-hybridized carbons (Fsp3) is 0.250. The van der Waals surface area contributed by atoms with E-state index in [2.05, 4.69) is 46.9 Å². The molecular weight excluding hydrogens is 408 g/mol. The van der Waals surface area contributed by atoms with Crippen LogP contribution < -0.4 is 4.72 Å². The molecule has 0 saturated carbocycles. The van der Waals surface area contributed by atoms with Crippen molar-refractivity contribution in [2.24, 2.45) is 7.05 Å². The summed E-state index contributed by atoms with van der Waals surface area (Å²) in [6.07, 6.45) is 0. The summed E-state index contributed by atoms with van der Waals surface area (Å²) in [6, 6.07) is 1.86. The van der Waals surface area contributed by atoms with Gasteiger partial charge in [0.25, 0.3) is 10.0 Å². The van der Waals surface area contributed by atoms with E-state index < -0.39 is 10.0 Å². The highest BCUT2D eigenvalue weighted by Crippen LogP contribution is 2.21. The number of nitrogens with zero attached hydrogens (tertiary/aromatic N) is 3. The maximum atomic E-state index is 12.1. The zero-order chi connectivity index (χ0) is 13.3. The number of rotatable bonds is 4. The number of thiophene rings is 1. The van der Waals surface area contributed by atoms with Gasteiger partial charge in [-0.25, -0.2) is 17.8 Å². The Balaban J connectivity index is 2.18. The second kappa shape index (κ2) is 5.37. The van der Waals surface area contributed by atoms with Gasteiger partial charge in [-0.15, -0.1) is 16.4 Å². The highest BCUT2D eigenvalue weighted by molar-refractivity contribution is 9.10.